The molecule has 2 aromatic heterocycles. The summed E-state index contributed by atoms with van der Waals surface area (Å²) in [4.78, 5) is 2.59. The van der Waals surface area contributed by atoms with Crippen LogP contribution in [0.25, 0.3) is 16.3 Å². The number of benzene rings is 1. The highest BCUT2D eigenvalue weighted by Crippen LogP contribution is 2.37. The monoisotopic (exact) mass is 309 g/mol. The van der Waals surface area contributed by atoms with Crippen LogP contribution in [0.4, 0.5) is 5.82 Å². The predicted octanol–water partition coefficient (Wildman–Crippen LogP) is 4.49. The quantitative estimate of drug-likeness (QED) is 0.755. The predicted molar refractivity (Wildman–Crippen MR) is 93.3 cm³/mol. The Morgan fingerprint density at radius 2 is 2.00 bits per heavy atom. The summed E-state index contributed by atoms with van der Waals surface area (Å²) in [5.74, 6) is 1.16. The molecule has 0 atom stereocenters. The standard InChI is InChI=1S/C18H19N3S/c1-11-5-4-6-15(13(11)3)21-18-14(9-10-19-18)17(20-21)16-8-7-12(2)22-16/h4-8,19H,9-10H2,1-3H3. The van der Waals surface area contributed by atoms with Crippen LogP contribution < -0.4 is 5.32 Å². The first-order valence-corrected chi connectivity index (χ1v) is 8.46. The molecule has 112 valence electrons. The largest absolute Gasteiger partial charge is 0.369 e. The van der Waals surface area contributed by atoms with Gasteiger partial charge in [0, 0.05) is 17.0 Å². The third-order valence-corrected chi connectivity index (χ3v) is 5.44. The number of aromatic nitrogens is 2. The summed E-state index contributed by atoms with van der Waals surface area (Å²) < 4.78 is 2.09. The van der Waals surface area contributed by atoms with Crippen molar-refractivity contribution < 1.29 is 0 Å². The van der Waals surface area contributed by atoms with Crippen LogP contribution in [0, 0.1) is 20.8 Å². The van der Waals surface area contributed by atoms with E-state index < -0.39 is 0 Å². The summed E-state index contributed by atoms with van der Waals surface area (Å²) in [6, 6.07) is 10.8. The molecule has 3 aromatic rings. The molecule has 0 unspecified atom stereocenters. The van der Waals surface area contributed by atoms with E-state index in [1.54, 1.807) is 0 Å². The van der Waals surface area contributed by atoms with Gasteiger partial charge in [-0.15, -0.1) is 11.3 Å². The minimum Gasteiger partial charge on any atom is -0.369 e. The van der Waals surface area contributed by atoms with Crippen molar-refractivity contribution in [2.75, 3.05) is 11.9 Å². The van der Waals surface area contributed by atoms with Gasteiger partial charge in [0.25, 0.3) is 0 Å². The molecule has 0 saturated carbocycles. The number of hydrogen-bond acceptors (Lipinski definition) is 3. The van der Waals surface area contributed by atoms with Crippen molar-refractivity contribution in [2.24, 2.45) is 0 Å². The summed E-state index contributed by atoms with van der Waals surface area (Å²) >= 11 is 1.82. The Labute approximate surface area is 134 Å². The van der Waals surface area contributed by atoms with Crippen molar-refractivity contribution >= 4 is 17.2 Å². The number of hydrogen-bond donors (Lipinski definition) is 1. The van der Waals surface area contributed by atoms with E-state index in [1.165, 1.54) is 32.1 Å². The zero-order valence-electron chi connectivity index (χ0n) is 13.1. The van der Waals surface area contributed by atoms with Crippen molar-refractivity contribution in [1.82, 2.24) is 9.78 Å². The molecule has 1 aliphatic rings. The highest BCUT2D eigenvalue weighted by atomic mass is 32.1. The minimum atomic E-state index is 0.995. The second-order valence-electron chi connectivity index (χ2n) is 5.89. The second-order valence-corrected chi connectivity index (χ2v) is 7.18. The number of thiophene rings is 1. The van der Waals surface area contributed by atoms with Crippen LogP contribution >= 0.6 is 11.3 Å². The first-order valence-electron chi connectivity index (χ1n) is 7.64. The van der Waals surface area contributed by atoms with Crippen molar-refractivity contribution in [3.63, 3.8) is 0 Å². The maximum absolute atomic E-state index is 4.95. The van der Waals surface area contributed by atoms with E-state index in [0.717, 1.165) is 24.5 Å². The average molecular weight is 309 g/mol. The SMILES string of the molecule is Cc1ccc(-c2nn(-c3cccc(C)c3C)c3c2CCN3)s1. The summed E-state index contributed by atoms with van der Waals surface area (Å²) in [5.41, 5.74) is 6.25. The fourth-order valence-corrected chi connectivity index (χ4v) is 3.95. The van der Waals surface area contributed by atoms with Crippen LogP contribution in [0.15, 0.2) is 30.3 Å². The van der Waals surface area contributed by atoms with Crippen LogP contribution in [-0.2, 0) is 6.42 Å². The zero-order valence-corrected chi connectivity index (χ0v) is 13.9. The fourth-order valence-electron chi connectivity index (χ4n) is 3.07. The Bertz CT molecular complexity index is 857. The van der Waals surface area contributed by atoms with Gasteiger partial charge >= 0.3 is 0 Å². The molecule has 0 aliphatic carbocycles. The van der Waals surface area contributed by atoms with Gasteiger partial charge in [0.15, 0.2) is 0 Å². The van der Waals surface area contributed by atoms with E-state index >= 15 is 0 Å². The highest BCUT2D eigenvalue weighted by Gasteiger charge is 2.25. The summed E-state index contributed by atoms with van der Waals surface area (Å²) in [7, 11) is 0. The van der Waals surface area contributed by atoms with Crippen molar-refractivity contribution in [3.05, 3.63) is 51.9 Å². The molecular formula is C18H19N3S. The molecule has 22 heavy (non-hydrogen) atoms. The van der Waals surface area contributed by atoms with E-state index in [4.69, 9.17) is 5.10 Å². The topological polar surface area (TPSA) is 29.9 Å². The lowest BCUT2D eigenvalue weighted by atomic mass is 10.1. The fraction of sp³-hybridized carbons (Fsp3) is 0.278. The number of nitrogens with one attached hydrogen (secondary N) is 1. The van der Waals surface area contributed by atoms with Crippen LogP contribution in [-0.4, -0.2) is 16.3 Å². The third kappa shape index (κ3) is 1.98. The number of nitrogens with zero attached hydrogens (tertiary/aromatic N) is 2. The van der Waals surface area contributed by atoms with Gasteiger partial charge in [-0.3, -0.25) is 0 Å². The molecule has 1 aliphatic heterocycles. The van der Waals surface area contributed by atoms with Gasteiger partial charge in [-0.2, -0.15) is 5.10 Å². The van der Waals surface area contributed by atoms with Gasteiger partial charge in [-0.05, 0) is 56.5 Å². The Morgan fingerprint density at radius 1 is 1.14 bits per heavy atom. The Kier molecular flexibility index (Phi) is 3.08. The number of anilines is 1. The molecule has 3 nitrogen and oxygen atoms in total. The molecule has 0 saturated heterocycles. The van der Waals surface area contributed by atoms with Gasteiger partial charge in [0.05, 0.1) is 10.6 Å². The molecule has 4 rings (SSSR count). The molecule has 4 heteroatoms. The maximum Gasteiger partial charge on any atom is 0.133 e. The second kappa shape index (κ2) is 4.99. The summed E-state index contributed by atoms with van der Waals surface area (Å²) in [6.07, 6.45) is 1.05. The third-order valence-electron chi connectivity index (χ3n) is 4.43. The lowest BCUT2D eigenvalue weighted by molar-refractivity contribution is 0.874. The molecular weight excluding hydrogens is 290 g/mol. The first kappa shape index (κ1) is 13.6. The molecule has 0 radical (unpaired) electrons. The molecule has 1 N–H and O–H groups in total. The number of aryl methyl sites for hydroxylation is 2. The smallest absolute Gasteiger partial charge is 0.133 e. The highest BCUT2D eigenvalue weighted by molar-refractivity contribution is 7.15. The molecule has 3 heterocycles. The average Bonchev–Trinajstić information content (AvgIpc) is 3.18. The van der Waals surface area contributed by atoms with E-state index in [0.29, 0.717) is 0 Å². The molecule has 0 amide bonds. The lowest BCUT2D eigenvalue weighted by Crippen LogP contribution is -2.06. The van der Waals surface area contributed by atoms with Crippen LogP contribution in [0.5, 0.6) is 0 Å². The molecule has 0 spiro atoms. The van der Waals surface area contributed by atoms with E-state index in [1.807, 2.05) is 11.3 Å². The number of fused-ring (bicyclic) bond motifs is 1. The molecule has 0 bridgehead atoms. The van der Waals surface area contributed by atoms with Crippen LogP contribution in [0.3, 0.4) is 0 Å². The Morgan fingerprint density at radius 3 is 2.77 bits per heavy atom. The van der Waals surface area contributed by atoms with Gasteiger partial charge in [0.1, 0.15) is 11.5 Å². The van der Waals surface area contributed by atoms with Crippen molar-refractivity contribution in [3.8, 4) is 16.3 Å². The number of rotatable bonds is 2. The first-order chi connectivity index (χ1) is 10.6. The van der Waals surface area contributed by atoms with Gasteiger partial charge in [-0.1, -0.05) is 12.1 Å². The van der Waals surface area contributed by atoms with E-state index in [9.17, 15) is 0 Å². The lowest BCUT2D eigenvalue weighted by Gasteiger charge is -2.11. The van der Waals surface area contributed by atoms with E-state index in [2.05, 4.69) is 61.1 Å². The van der Waals surface area contributed by atoms with Crippen LogP contribution in [0.1, 0.15) is 21.6 Å². The Hall–Kier alpha value is -2.07. The normalized spacial score (nSPS) is 13.2. The van der Waals surface area contributed by atoms with Gasteiger partial charge in [0.2, 0.25) is 0 Å². The van der Waals surface area contributed by atoms with Crippen LogP contribution in [0.2, 0.25) is 0 Å². The van der Waals surface area contributed by atoms with Gasteiger partial charge in [-0.25, -0.2) is 4.68 Å². The maximum atomic E-state index is 4.95. The summed E-state index contributed by atoms with van der Waals surface area (Å²) in [6.45, 7) is 7.46. The zero-order chi connectivity index (χ0) is 15.3. The molecule has 1 aromatic carbocycles. The van der Waals surface area contributed by atoms with E-state index in [-0.39, 0.29) is 0 Å². The Balaban J connectivity index is 1.93. The van der Waals surface area contributed by atoms with Crippen molar-refractivity contribution in [2.45, 2.75) is 27.2 Å². The minimum absolute atomic E-state index is 0.995. The van der Waals surface area contributed by atoms with Crippen molar-refractivity contribution in [1.29, 1.82) is 0 Å². The van der Waals surface area contributed by atoms with Gasteiger partial charge < -0.3 is 5.32 Å². The summed E-state index contributed by atoms with van der Waals surface area (Å²) in [5, 5.41) is 8.47. The molecule has 0 fully saturated rings.